The number of carbonyl (C=O) groups excluding carboxylic acids is 1. The number of hydrogen-bond donors (Lipinski definition) is 0. The van der Waals surface area contributed by atoms with Crippen molar-refractivity contribution in [3.63, 3.8) is 0 Å². The van der Waals surface area contributed by atoms with E-state index in [-0.39, 0.29) is 12.4 Å². The monoisotopic (exact) mass is 305 g/mol. The zero-order chi connectivity index (χ0) is 15.1. The van der Waals surface area contributed by atoms with Gasteiger partial charge in [0.05, 0.1) is 18.7 Å². The molecule has 0 radical (unpaired) electrons. The molecule has 0 aliphatic carbocycles. The van der Waals surface area contributed by atoms with E-state index in [0.29, 0.717) is 6.61 Å². The van der Waals surface area contributed by atoms with Gasteiger partial charge >= 0.3 is 5.97 Å². The molecule has 0 saturated heterocycles. The third-order valence-electron chi connectivity index (χ3n) is 2.98. The molecule has 0 bridgehead atoms. The summed E-state index contributed by atoms with van der Waals surface area (Å²) in [5.41, 5.74) is 2.02. The maximum atomic E-state index is 11.4. The zero-order valence-electron chi connectivity index (χ0n) is 12.3. The maximum absolute atomic E-state index is 11.4. The molecular formula is C15H19N3O2S. The predicted octanol–water partition coefficient (Wildman–Crippen LogP) is 2.32. The van der Waals surface area contributed by atoms with Crippen LogP contribution in [0.2, 0.25) is 0 Å². The number of carbonyl (C=O) groups is 1. The standard InChI is InChI=1S/C15H19N3O2S/c1-3-20-14(19)10-13-11-21-15(17-13)18(2)9-6-12-4-7-16-8-5-12/h4-5,7-8,11H,3,6,9-10H2,1-2H3. The van der Waals surface area contributed by atoms with Crippen LogP contribution >= 0.6 is 11.3 Å². The molecule has 5 nitrogen and oxygen atoms in total. The van der Waals surface area contributed by atoms with E-state index in [2.05, 4.69) is 14.9 Å². The molecule has 0 aromatic carbocycles. The fraction of sp³-hybridized carbons (Fsp3) is 0.400. The number of pyridine rings is 1. The van der Waals surface area contributed by atoms with Gasteiger partial charge in [-0.2, -0.15) is 0 Å². The summed E-state index contributed by atoms with van der Waals surface area (Å²) in [5.74, 6) is -0.228. The lowest BCUT2D eigenvalue weighted by Crippen LogP contribution is -2.20. The highest BCUT2D eigenvalue weighted by Crippen LogP contribution is 2.20. The van der Waals surface area contributed by atoms with Crippen LogP contribution in [-0.2, 0) is 22.4 Å². The highest BCUT2D eigenvalue weighted by molar-refractivity contribution is 7.13. The van der Waals surface area contributed by atoms with E-state index < -0.39 is 0 Å². The Morgan fingerprint density at radius 2 is 2.14 bits per heavy atom. The minimum absolute atomic E-state index is 0.228. The molecule has 21 heavy (non-hydrogen) atoms. The van der Waals surface area contributed by atoms with Crippen molar-refractivity contribution in [2.24, 2.45) is 0 Å². The topological polar surface area (TPSA) is 55.3 Å². The molecule has 0 saturated carbocycles. The number of ether oxygens (including phenoxy) is 1. The first-order chi connectivity index (χ1) is 10.2. The molecule has 0 fully saturated rings. The van der Waals surface area contributed by atoms with Crippen LogP contribution in [0.25, 0.3) is 0 Å². The molecule has 2 heterocycles. The zero-order valence-corrected chi connectivity index (χ0v) is 13.1. The Bertz CT molecular complexity index is 571. The molecule has 112 valence electrons. The van der Waals surface area contributed by atoms with Gasteiger partial charge < -0.3 is 9.64 Å². The highest BCUT2D eigenvalue weighted by atomic mass is 32.1. The summed E-state index contributed by atoms with van der Waals surface area (Å²) in [6.45, 7) is 3.08. The lowest BCUT2D eigenvalue weighted by atomic mass is 10.2. The number of nitrogens with zero attached hydrogens (tertiary/aromatic N) is 3. The molecule has 6 heteroatoms. The second-order valence-electron chi connectivity index (χ2n) is 4.63. The normalized spacial score (nSPS) is 10.4. The smallest absolute Gasteiger partial charge is 0.311 e. The fourth-order valence-electron chi connectivity index (χ4n) is 1.85. The molecule has 2 aromatic heterocycles. The molecule has 0 aliphatic heterocycles. The van der Waals surface area contributed by atoms with E-state index in [1.54, 1.807) is 30.7 Å². The van der Waals surface area contributed by atoms with E-state index >= 15 is 0 Å². The Kier molecular flexibility index (Phi) is 5.68. The van der Waals surface area contributed by atoms with Crippen LogP contribution < -0.4 is 4.90 Å². The largest absolute Gasteiger partial charge is 0.466 e. The number of aromatic nitrogens is 2. The van der Waals surface area contributed by atoms with Crippen LogP contribution in [0.1, 0.15) is 18.2 Å². The number of thiazole rings is 1. The van der Waals surface area contributed by atoms with Crippen molar-refractivity contribution in [2.75, 3.05) is 25.1 Å². The van der Waals surface area contributed by atoms with E-state index in [0.717, 1.165) is 23.8 Å². The van der Waals surface area contributed by atoms with Crippen LogP contribution in [0.4, 0.5) is 5.13 Å². The summed E-state index contributed by atoms with van der Waals surface area (Å²) in [5, 5.41) is 2.83. The van der Waals surface area contributed by atoms with Gasteiger partial charge in [-0.25, -0.2) is 4.98 Å². The highest BCUT2D eigenvalue weighted by Gasteiger charge is 2.11. The summed E-state index contributed by atoms with van der Waals surface area (Å²) in [6, 6.07) is 4.03. The van der Waals surface area contributed by atoms with Gasteiger partial charge in [0.15, 0.2) is 5.13 Å². The number of esters is 1. The molecule has 0 N–H and O–H groups in total. The Morgan fingerprint density at radius 1 is 1.38 bits per heavy atom. The number of anilines is 1. The first-order valence-electron chi connectivity index (χ1n) is 6.89. The van der Waals surface area contributed by atoms with Crippen molar-refractivity contribution in [3.8, 4) is 0 Å². The molecule has 2 aromatic rings. The Labute approximate surface area is 128 Å². The van der Waals surface area contributed by atoms with Gasteiger partial charge in [0.2, 0.25) is 0 Å². The average Bonchev–Trinajstić information content (AvgIpc) is 2.94. The Morgan fingerprint density at radius 3 is 2.86 bits per heavy atom. The summed E-state index contributed by atoms with van der Waals surface area (Å²) >= 11 is 1.55. The number of hydrogen-bond acceptors (Lipinski definition) is 6. The van der Waals surface area contributed by atoms with Crippen LogP contribution in [0.3, 0.4) is 0 Å². The van der Waals surface area contributed by atoms with E-state index in [1.807, 2.05) is 24.6 Å². The molecule has 2 rings (SSSR count). The lowest BCUT2D eigenvalue weighted by molar-refractivity contribution is -0.142. The quantitative estimate of drug-likeness (QED) is 0.735. The van der Waals surface area contributed by atoms with Gasteiger partial charge in [0, 0.05) is 31.4 Å². The molecule has 0 spiro atoms. The second-order valence-corrected chi connectivity index (χ2v) is 5.47. The van der Waals surface area contributed by atoms with Crippen molar-refractivity contribution in [3.05, 3.63) is 41.2 Å². The van der Waals surface area contributed by atoms with Gasteiger partial charge in [0.1, 0.15) is 0 Å². The lowest BCUT2D eigenvalue weighted by Gasteiger charge is -2.15. The summed E-state index contributed by atoms with van der Waals surface area (Å²) in [4.78, 5) is 22.0. The van der Waals surface area contributed by atoms with Crippen LogP contribution in [-0.4, -0.2) is 36.1 Å². The third-order valence-corrected chi connectivity index (χ3v) is 3.99. The van der Waals surface area contributed by atoms with Crippen molar-refractivity contribution in [1.82, 2.24) is 9.97 Å². The van der Waals surface area contributed by atoms with Gasteiger partial charge in [-0.1, -0.05) is 0 Å². The van der Waals surface area contributed by atoms with Crippen LogP contribution in [0.15, 0.2) is 29.9 Å². The summed E-state index contributed by atoms with van der Waals surface area (Å²) in [6.07, 6.45) is 4.78. The van der Waals surface area contributed by atoms with E-state index in [9.17, 15) is 4.79 Å². The predicted molar refractivity (Wildman–Crippen MR) is 83.7 cm³/mol. The Hall–Kier alpha value is -1.95. The average molecular weight is 305 g/mol. The number of likely N-dealkylation sites (N-methyl/N-ethyl adjacent to an activating group) is 1. The van der Waals surface area contributed by atoms with Crippen molar-refractivity contribution in [1.29, 1.82) is 0 Å². The van der Waals surface area contributed by atoms with E-state index in [4.69, 9.17) is 4.74 Å². The molecular weight excluding hydrogens is 286 g/mol. The molecule has 0 amide bonds. The Balaban J connectivity index is 1.87. The fourth-order valence-corrected chi connectivity index (χ4v) is 2.67. The third kappa shape index (κ3) is 4.82. The van der Waals surface area contributed by atoms with E-state index in [1.165, 1.54) is 5.56 Å². The molecule has 0 unspecified atom stereocenters. The van der Waals surface area contributed by atoms with Gasteiger partial charge in [-0.3, -0.25) is 9.78 Å². The van der Waals surface area contributed by atoms with Crippen molar-refractivity contribution in [2.45, 2.75) is 19.8 Å². The van der Waals surface area contributed by atoms with Crippen molar-refractivity contribution < 1.29 is 9.53 Å². The minimum Gasteiger partial charge on any atom is -0.466 e. The summed E-state index contributed by atoms with van der Waals surface area (Å²) in [7, 11) is 2.01. The van der Waals surface area contributed by atoms with Gasteiger partial charge in [-0.15, -0.1) is 11.3 Å². The van der Waals surface area contributed by atoms with Crippen LogP contribution in [0, 0.1) is 0 Å². The number of rotatable bonds is 7. The minimum atomic E-state index is -0.228. The second kappa shape index (κ2) is 7.73. The first-order valence-corrected chi connectivity index (χ1v) is 7.77. The summed E-state index contributed by atoms with van der Waals surface area (Å²) < 4.78 is 4.93. The van der Waals surface area contributed by atoms with Crippen LogP contribution in [0.5, 0.6) is 0 Å². The van der Waals surface area contributed by atoms with Gasteiger partial charge in [0.25, 0.3) is 0 Å². The first kappa shape index (κ1) is 15.4. The molecule has 0 aliphatic rings. The maximum Gasteiger partial charge on any atom is 0.311 e. The molecule has 0 atom stereocenters. The van der Waals surface area contributed by atoms with Crippen molar-refractivity contribution >= 4 is 22.4 Å². The SMILES string of the molecule is CCOC(=O)Cc1csc(N(C)CCc2ccncc2)n1. The van der Waals surface area contributed by atoms with Gasteiger partial charge in [-0.05, 0) is 31.0 Å².